The van der Waals surface area contributed by atoms with Gasteiger partial charge >= 0.3 is 5.97 Å². The smallest absolute Gasteiger partial charge is 0.328 e. The van der Waals surface area contributed by atoms with Crippen LogP contribution in [-0.2, 0) is 4.79 Å². The van der Waals surface area contributed by atoms with Crippen molar-refractivity contribution >= 4 is 28.0 Å². The Kier molecular flexibility index (Phi) is 4.53. The van der Waals surface area contributed by atoms with Crippen molar-refractivity contribution in [2.75, 3.05) is 0 Å². The topological polar surface area (TPSA) is 46.5 Å². The van der Waals surface area contributed by atoms with Gasteiger partial charge in [0.15, 0.2) is 11.6 Å². The van der Waals surface area contributed by atoms with E-state index in [4.69, 9.17) is 9.84 Å². The molecule has 0 saturated carbocycles. The average Bonchev–Trinajstić information content (AvgIpc) is 2.40. The zero-order valence-electron chi connectivity index (χ0n) is 10.2. The highest BCUT2D eigenvalue weighted by atomic mass is 79.9. The molecule has 0 atom stereocenters. The number of rotatable bonds is 4. The van der Waals surface area contributed by atoms with Crippen LogP contribution >= 0.6 is 15.9 Å². The van der Waals surface area contributed by atoms with Crippen LogP contribution in [0.4, 0.5) is 4.39 Å². The number of hydrogen-bond acceptors (Lipinski definition) is 2. The Morgan fingerprint density at radius 1 is 1.25 bits per heavy atom. The fourth-order valence-electron chi connectivity index (χ4n) is 1.52. The van der Waals surface area contributed by atoms with Crippen LogP contribution < -0.4 is 4.74 Å². The highest BCUT2D eigenvalue weighted by molar-refractivity contribution is 9.10. The number of halogens is 2. The molecule has 2 rings (SSSR count). The largest absolute Gasteiger partial charge is 0.478 e. The number of carbonyl (C=O) groups is 1. The van der Waals surface area contributed by atoms with Gasteiger partial charge in [-0.15, -0.1) is 0 Å². The second-order valence-electron chi connectivity index (χ2n) is 3.89. The number of carboxylic acids is 1. The summed E-state index contributed by atoms with van der Waals surface area (Å²) in [6.07, 6.45) is 2.50. The standard InChI is InChI=1S/C15H10BrFO3/c16-12-9-11(7-5-10(12)6-8-15(18)19)20-14-4-2-1-3-13(14)17/h1-9H,(H,18,19)/b8-6+. The summed E-state index contributed by atoms with van der Waals surface area (Å²) in [6.45, 7) is 0. The van der Waals surface area contributed by atoms with Crippen molar-refractivity contribution in [3.63, 3.8) is 0 Å². The fourth-order valence-corrected chi connectivity index (χ4v) is 2.01. The quantitative estimate of drug-likeness (QED) is 0.837. The molecule has 0 bridgehead atoms. The SMILES string of the molecule is O=C(O)/C=C/c1ccc(Oc2ccccc2F)cc1Br. The second kappa shape index (κ2) is 6.34. The van der Waals surface area contributed by atoms with Crippen LogP contribution in [0.2, 0.25) is 0 Å². The summed E-state index contributed by atoms with van der Waals surface area (Å²) >= 11 is 3.31. The zero-order chi connectivity index (χ0) is 14.5. The Morgan fingerprint density at radius 2 is 2.00 bits per heavy atom. The lowest BCUT2D eigenvalue weighted by molar-refractivity contribution is -0.131. The summed E-state index contributed by atoms with van der Waals surface area (Å²) in [4.78, 5) is 10.5. The summed E-state index contributed by atoms with van der Waals surface area (Å²) < 4.78 is 19.5. The van der Waals surface area contributed by atoms with Gasteiger partial charge in [-0.2, -0.15) is 0 Å². The van der Waals surface area contributed by atoms with E-state index in [1.165, 1.54) is 18.2 Å². The maximum Gasteiger partial charge on any atom is 0.328 e. The summed E-state index contributed by atoms with van der Waals surface area (Å²) in [5.41, 5.74) is 0.688. The van der Waals surface area contributed by atoms with Gasteiger partial charge in [0.2, 0.25) is 0 Å². The van der Waals surface area contributed by atoms with E-state index in [0.29, 0.717) is 15.8 Å². The van der Waals surface area contributed by atoms with Crippen molar-refractivity contribution in [1.82, 2.24) is 0 Å². The van der Waals surface area contributed by atoms with Crippen molar-refractivity contribution in [2.24, 2.45) is 0 Å². The van der Waals surface area contributed by atoms with Gasteiger partial charge in [-0.1, -0.05) is 34.1 Å². The molecule has 0 aliphatic heterocycles. The van der Waals surface area contributed by atoms with Crippen LogP contribution in [0.25, 0.3) is 6.08 Å². The normalized spacial score (nSPS) is 10.7. The maximum atomic E-state index is 13.5. The molecule has 0 radical (unpaired) electrons. The third-order valence-electron chi connectivity index (χ3n) is 2.44. The van der Waals surface area contributed by atoms with Crippen LogP contribution in [0.3, 0.4) is 0 Å². The zero-order valence-corrected chi connectivity index (χ0v) is 11.8. The highest BCUT2D eigenvalue weighted by Gasteiger charge is 2.05. The van der Waals surface area contributed by atoms with Crippen molar-refractivity contribution < 1.29 is 19.0 Å². The molecule has 0 aliphatic rings. The lowest BCUT2D eigenvalue weighted by Crippen LogP contribution is -1.89. The van der Waals surface area contributed by atoms with E-state index < -0.39 is 11.8 Å². The summed E-state index contributed by atoms with van der Waals surface area (Å²) in [5.74, 6) is -0.885. The molecule has 0 fully saturated rings. The number of para-hydroxylation sites is 1. The van der Waals surface area contributed by atoms with E-state index in [2.05, 4.69) is 15.9 Å². The first-order valence-corrected chi connectivity index (χ1v) is 6.48. The monoisotopic (exact) mass is 336 g/mol. The van der Waals surface area contributed by atoms with E-state index in [0.717, 1.165) is 6.08 Å². The van der Waals surface area contributed by atoms with Gasteiger partial charge in [0, 0.05) is 10.5 Å². The molecular weight excluding hydrogens is 327 g/mol. The lowest BCUT2D eigenvalue weighted by Gasteiger charge is -2.08. The molecule has 0 unspecified atom stereocenters. The molecule has 1 N–H and O–H groups in total. The predicted octanol–water partition coefficient (Wildman–Crippen LogP) is 4.48. The van der Waals surface area contributed by atoms with Gasteiger partial charge in [0.25, 0.3) is 0 Å². The summed E-state index contributed by atoms with van der Waals surface area (Å²) in [6, 6.07) is 11.1. The van der Waals surface area contributed by atoms with Crippen molar-refractivity contribution in [2.45, 2.75) is 0 Å². The lowest BCUT2D eigenvalue weighted by atomic mass is 10.2. The number of aliphatic carboxylic acids is 1. The van der Waals surface area contributed by atoms with Gasteiger partial charge in [-0.05, 0) is 35.9 Å². The molecule has 0 amide bonds. The predicted molar refractivity (Wildman–Crippen MR) is 77.3 cm³/mol. The van der Waals surface area contributed by atoms with E-state index in [-0.39, 0.29) is 5.75 Å². The highest BCUT2D eigenvalue weighted by Crippen LogP contribution is 2.29. The van der Waals surface area contributed by atoms with Crippen LogP contribution in [0.1, 0.15) is 5.56 Å². The second-order valence-corrected chi connectivity index (χ2v) is 4.74. The molecule has 0 saturated heterocycles. The molecule has 0 spiro atoms. The Morgan fingerprint density at radius 3 is 2.65 bits per heavy atom. The van der Waals surface area contributed by atoms with Crippen LogP contribution in [0, 0.1) is 5.82 Å². The van der Waals surface area contributed by atoms with Gasteiger partial charge < -0.3 is 9.84 Å². The van der Waals surface area contributed by atoms with Crippen molar-refractivity contribution in [3.8, 4) is 11.5 Å². The molecule has 5 heteroatoms. The van der Waals surface area contributed by atoms with E-state index >= 15 is 0 Å². The first-order chi connectivity index (χ1) is 9.56. The summed E-state index contributed by atoms with van der Waals surface area (Å²) in [5, 5.41) is 8.58. The Hall–Kier alpha value is -2.14. The third kappa shape index (κ3) is 3.68. The Labute approximate surface area is 123 Å². The number of carboxylic acid groups (broad SMARTS) is 1. The molecule has 0 aromatic heterocycles. The van der Waals surface area contributed by atoms with E-state index in [1.54, 1.807) is 30.3 Å². The van der Waals surface area contributed by atoms with E-state index in [1.807, 2.05) is 0 Å². The van der Waals surface area contributed by atoms with E-state index in [9.17, 15) is 9.18 Å². The molecule has 2 aromatic rings. The van der Waals surface area contributed by atoms with Gasteiger partial charge in [-0.25, -0.2) is 9.18 Å². The first kappa shape index (κ1) is 14.3. The number of benzene rings is 2. The maximum absolute atomic E-state index is 13.5. The van der Waals surface area contributed by atoms with Gasteiger partial charge in [-0.3, -0.25) is 0 Å². The average molecular weight is 337 g/mol. The first-order valence-electron chi connectivity index (χ1n) is 5.69. The summed E-state index contributed by atoms with van der Waals surface area (Å²) in [7, 11) is 0. The molecule has 0 heterocycles. The molecule has 0 aliphatic carbocycles. The fraction of sp³-hybridized carbons (Fsp3) is 0. The third-order valence-corrected chi connectivity index (χ3v) is 3.13. The van der Waals surface area contributed by atoms with Crippen molar-refractivity contribution in [1.29, 1.82) is 0 Å². The number of hydrogen-bond donors (Lipinski definition) is 1. The molecule has 3 nitrogen and oxygen atoms in total. The minimum atomic E-state index is -1.02. The van der Waals surface area contributed by atoms with Gasteiger partial charge in [0.1, 0.15) is 5.75 Å². The van der Waals surface area contributed by atoms with Gasteiger partial charge in [0.05, 0.1) is 0 Å². The van der Waals surface area contributed by atoms with Crippen molar-refractivity contribution in [3.05, 3.63) is 64.4 Å². The minimum Gasteiger partial charge on any atom is -0.478 e. The Balaban J connectivity index is 2.21. The Bertz CT molecular complexity index is 668. The minimum absolute atomic E-state index is 0.133. The number of ether oxygens (including phenoxy) is 1. The molecule has 102 valence electrons. The molecule has 20 heavy (non-hydrogen) atoms. The van der Waals surface area contributed by atoms with Crippen LogP contribution in [-0.4, -0.2) is 11.1 Å². The van der Waals surface area contributed by atoms with Crippen LogP contribution in [0.15, 0.2) is 53.0 Å². The van der Waals surface area contributed by atoms with Crippen LogP contribution in [0.5, 0.6) is 11.5 Å². The molecular formula is C15H10BrFO3. The molecule has 2 aromatic carbocycles.